The zero-order valence-electron chi connectivity index (χ0n) is 16.2. The van der Waals surface area contributed by atoms with E-state index < -0.39 is 0 Å². The first kappa shape index (κ1) is 19.0. The fourth-order valence-corrected chi connectivity index (χ4v) is 4.79. The number of hydrogen-bond donors (Lipinski definition) is 2. The molecule has 4 nitrogen and oxygen atoms in total. The molecule has 0 radical (unpaired) electrons. The van der Waals surface area contributed by atoms with E-state index in [1.165, 1.54) is 0 Å². The van der Waals surface area contributed by atoms with E-state index in [1.807, 2.05) is 26.0 Å². The minimum absolute atomic E-state index is 0.182. The summed E-state index contributed by atoms with van der Waals surface area (Å²) in [4.78, 5) is 0. The lowest BCUT2D eigenvalue weighted by atomic mass is 9.93. The Labute approximate surface area is 173 Å². The molecule has 1 fully saturated rings. The Morgan fingerprint density at radius 2 is 1.86 bits per heavy atom. The fraction of sp³-hybridized carbons (Fsp3) is 0.348. The van der Waals surface area contributed by atoms with Crippen LogP contribution in [0.15, 0.2) is 34.9 Å². The first-order valence-corrected chi connectivity index (χ1v) is 10.5. The molecule has 5 heteroatoms. The van der Waals surface area contributed by atoms with Crippen molar-refractivity contribution < 1.29 is 5.11 Å². The van der Waals surface area contributed by atoms with Gasteiger partial charge in [-0.1, -0.05) is 6.07 Å². The Morgan fingerprint density at radius 3 is 2.54 bits per heavy atom. The maximum Gasteiger partial charge on any atom is 0.0994 e. The van der Waals surface area contributed by atoms with E-state index in [2.05, 4.69) is 44.9 Å². The van der Waals surface area contributed by atoms with Gasteiger partial charge in [0.25, 0.3) is 0 Å². The molecule has 28 heavy (non-hydrogen) atoms. The molecule has 144 valence electrons. The number of aromatic nitrogens is 1. The van der Waals surface area contributed by atoms with Gasteiger partial charge >= 0.3 is 0 Å². The number of aryl methyl sites for hydroxylation is 1. The van der Waals surface area contributed by atoms with E-state index >= 15 is 0 Å². The summed E-state index contributed by atoms with van der Waals surface area (Å²) >= 11 is 3.51. The molecule has 0 spiro atoms. The van der Waals surface area contributed by atoms with Crippen LogP contribution in [-0.4, -0.2) is 15.8 Å². The minimum Gasteiger partial charge on any atom is -0.398 e. The molecule has 1 aromatic heterocycles. The number of rotatable bonds is 2. The molecule has 0 unspecified atom stereocenters. The highest BCUT2D eigenvalue weighted by atomic mass is 79.9. The fourth-order valence-electron chi connectivity index (χ4n) is 4.36. The van der Waals surface area contributed by atoms with E-state index in [1.54, 1.807) is 0 Å². The number of anilines is 1. The Bertz CT molecular complexity index is 1100. The van der Waals surface area contributed by atoms with Gasteiger partial charge in [-0.25, -0.2) is 0 Å². The zero-order chi connectivity index (χ0) is 20.0. The minimum atomic E-state index is -0.182. The summed E-state index contributed by atoms with van der Waals surface area (Å²) in [5.41, 5.74) is 13.1. The molecule has 0 aliphatic heterocycles. The second-order valence-electron chi connectivity index (χ2n) is 7.84. The van der Waals surface area contributed by atoms with Crippen LogP contribution in [-0.2, 0) is 0 Å². The quantitative estimate of drug-likeness (QED) is 0.510. The lowest BCUT2D eigenvalue weighted by Gasteiger charge is -2.27. The normalized spacial score (nSPS) is 19.7. The molecular weight excluding hydrogens is 414 g/mol. The van der Waals surface area contributed by atoms with Crippen molar-refractivity contribution in [3.8, 4) is 17.2 Å². The predicted octanol–water partition coefficient (Wildman–Crippen LogP) is 5.62. The van der Waals surface area contributed by atoms with Gasteiger partial charge in [0.05, 0.1) is 17.7 Å². The third-order valence-electron chi connectivity index (χ3n) is 6.11. The molecule has 1 heterocycles. The van der Waals surface area contributed by atoms with Crippen molar-refractivity contribution in [3.63, 3.8) is 0 Å². The number of hydrogen-bond acceptors (Lipinski definition) is 3. The van der Waals surface area contributed by atoms with Crippen LogP contribution in [0, 0.1) is 25.2 Å². The molecule has 1 aliphatic rings. The van der Waals surface area contributed by atoms with Gasteiger partial charge in [0.2, 0.25) is 0 Å². The SMILES string of the molecule is Cc1cc2c(cc1C#N)c(-c1ccc(Br)c(N)c1C)cn2[C@H]1CC[C@H](O)CC1. The van der Waals surface area contributed by atoms with Gasteiger partial charge in [0, 0.05) is 38.9 Å². The molecule has 3 N–H and O–H groups in total. The third-order valence-corrected chi connectivity index (χ3v) is 6.80. The summed E-state index contributed by atoms with van der Waals surface area (Å²) in [6, 6.07) is 10.9. The lowest BCUT2D eigenvalue weighted by Crippen LogP contribution is -2.20. The Morgan fingerprint density at radius 1 is 1.14 bits per heavy atom. The van der Waals surface area contributed by atoms with Crippen LogP contribution in [0.2, 0.25) is 0 Å². The van der Waals surface area contributed by atoms with Crippen molar-refractivity contribution in [1.82, 2.24) is 4.57 Å². The molecule has 0 saturated heterocycles. The van der Waals surface area contributed by atoms with Gasteiger partial charge in [0.15, 0.2) is 0 Å². The van der Waals surface area contributed by atoms with Crippen LogP contribution in [0.3, 0.4) is 0 Å². The first-order chi connectivity index (χ1) is 13.4. The summed E-state index contributed by atoms with van der Waals surface area (Å²) < 4.78 is 3.25. The number of nitrogens with two attached hydrogens (primary N) is 1. The van der Waals surface area contributed by atoms with Crippen LogP contribution in [0.25, 0.3) is 22.0 Å². The second kappa shape index (κ2) is 7.27. The number of nitrogens with zero attached hydrogens (tertiary/aromatic N) is 2. The Balaban J connectivity index is 1.96. The summed E-state index contributed by atoms with van der Waals surface area (Å²) in [6.07, 6.45) is 5.62. The van der Waals surface area contributed by atoms with E-state index in [0.717, 1.165) is 69.0 Å². The molecule has 1 saturated carbocycles. The van der Waals surface area contributed by atoms with E-state index in [4.69, 9.17) is 5.73 Å². The molecular formula is C23H24BrN3O. The monoisotopic (exact) mass is 437 g/mol. The topological polar surface area (TPSA) is 75.0 Å². The van der Waals surface area contributed by atoms with E-state index in [9.17, 15) is 10.4 Å². The maximum absolute atomic E-state index is 9.91. The van der Waals surface area contributed by atoms with Crippen molar-refractivity contribution >= 4 is 32.5 Å². The van der Waals surface area contributed by atoms with Gasteiger partial charge in [-0.05, 0) is 90.4 Å². The molecule has 3 aromatic rings. The Kier molecular flexibility index (Phi) is 4.95. The summed E-state index contributed by atoms with van der Waals surface area (Å²) in [7, 11) is 0. The van der Waals surface area contributed by atoms with Gasteiger partial charge in [-0.2, -0.15) is 5.26 Å². The highest BCUT2D eigenvalue weighted by Crippen LogP contribution is 2.41. The van der Waals surface area contributed by atoms with Crippen molar-refractivity contribution in [2.75, 3.05) is 5.73 Å². The number of benzene rings is 2. The third kappa shape index (κ3) is 3.11. The molecule has 0 atom stereocenters. The molecule has 4 rings (SSSR count). The zero-order valence-corrected chi connectivity index (χ0v) is 17.8. The average molecular weight is 438 g/mol. The standard InChI is InChI=1S/C23H24BrN3O/c1-13-9-22-19(10-15(13)11-25)20(18-7-8-21(24)23(26)14(18)2)12-27(22)16-3-5-17(28)6-4-16/h7-10,12,16-17,28H,3-6,26H2,1-2H3/t16-,17-. The number of nitriles is 1. The van der Waals surface area contributed by atoms with E-state index in [0.29, 0.717) is 11.6 Å². The number of aliphatic hydroxyl groups is 1. The second-order valence-corrected chi connectivity index (χ2v) is 8.70. The molecule has 0 amide bonds. The van der Waals surface area contributed by atoms with E-state index in [-0.39, 0.29) is 6.10 Å². The average Bonchev–Trinajstić information content (AvgIpc) is 3.04. The highest BCUT2D eigenvalue weighted by Gasteiger charge is 2.24. The predicted molar refractivity (Wildman–Crippen MR) is 117 cm³/mol. The largest absolute Gasteiger partial charge is 0.398 e. The van der Waals surface area contributed by atoms with Crippen LogP contribution in [0.4, 0.5) is 5.69 Å². The van der Waals surface area contributed by atoms with Gasteiger partial charge in [-0.3, -0.25) is 0 Å². The molecule has 1 aliphatic carbocycles. The number of aliphatic hydroxyl groups excluding tert-OH is 1. The summed E-state index contributed by atoms with van der Waals surface area (Å²) in [5.74, 6) is 0. The van der Waals surface area contributed by atoms with Crippen LogP contribution >= 0.6 is 15.9 Å². The van der Waals surface area contributed by atoms with Crippen molar-refractivity contribution in [2.24, 2.45) is 0 Å². The molecule has 2 aromatic carbocycles. The molecule has 0 bridgehead atoms. The summed E-state index contributed by atoms with van der Waals surface area (Å²) in [6.45, 7) is 4.03. The van der Waals surface area contributed by atoms with Crippen LogP contribution < -0.4 is 5.73 Å². The number of fused-ring (bicyclic) bond motifs is 1. The number of halogens is 1. The summed E-state index contributed by atoms with van der Waals surface area (Å²) in [5, 5.41) is 20.5. The Hall–Kier alpha value is -2.29. The van der Waals surface area contributed by atoms with Crippen LogP contribution in [0.1, 0.15) is 48.4 Å². The maximum atomic E-state index is 9.91. The number of nitrogen functional groups attached to an aromatic ring is 1. The first-order valence-electron chi connectivity index (χ1n) is 9.69. The van der Waals surface area contributed by atoms with Crippen LogP contribution in [0.5, 0.6) is 0 Å². The van der Waals surface area contributed by atoms with Crippen molar-refractivity contribution in [3.05, 3.63) is 51.6 Å². The van der Waals surface area contributed by atoms with Gasteiger partial charge in [-0.15, -0.1) is 0 Å². The van der Waals surface area contributed by atoms with Gasteiger partial charge in [0.1, 0.15) is 0 Å². The smallest absolute Gasteiger partial charge is 0.0994 e. The lowest BCUT2D eigenvalue weighted by molar-refractivity contribution is 0.111. The van der Waals surface area contributed by atoms with Crippen molar-refractivity contribution in [2.45, 2.75) is 51.7 Å². The van der Waals surface area contributed by atoms with Crippen molar-refractivity contribution in [1.29, 1.82) is 5.26 Å². The highest BCUT2D eigenvalue weighted by molar-refractivity contribution is 9.10. The van der Waals surface area contributed by atoms with Gasteiger partial charge < -0.3 is 15.4 Å².